The summed E-state index contributed by atoms with van der Waals surface area (Å²) in [5, 5.41) is 4.72. The molecule has 0 fully saturated rings. The molecule has 1 aromatic heterocycles. The van der Waals surface area contributed by atoms with Crippen LogP contribution in [0.25, 0.3) is 22.4 Å². The summed E-state index contributed by atoms with van der Waals surface area (Å²) >= 11 is 1.23. The molecule has 1 N–H and O–H groups in total. The molecule has 1 heterocycles. The number of thiazole rings is 1. The highest BCUT2D eigenvalue weighted by molar-refractivity contribution is 7.14. The quantitative estimate of drug-likeness (QED) is 0.414. The van der Waals surface area contributed by atoms with Gasteiger partial charge in [0.25, 0.3) is 5.91 Å². The zero-order chi connectivity index (χ0) is 21.6. The van der Waals surface area contributed by atoms with Crippen molar-refractivity contribution in [2.75, 3.05) is 11.9 Å². The molecule has 0 bridgehead atoms. The van der Waals surface area contributed by atoms with Crippen LogP contribution >= 0.6 is 11.3 Å². The van der Waals surface area contributed by atoms with E-state index in [1.165, 1.54) is 23.5 Å². The van der Waals surface area contributed by atoms with Crippen molar-refractivity contribution in [1.29, 1.82) is 0 Å². The van der Waals surface area contributed by atoms with Gasteiger partial charge >= 0.3 is 5.97 Å². The third-order valence-corrected chi connectivity index (χ3v) is 5.21. The van der Waals surface area contributed by atoms with Gasteiger partial charge in [-0.05, 0) is 47.5 Å². The molecule has 0 saturated carbocycles. The summed E-state index contributed by atoms with van der Waals surface area (Å²) < 4.78 is 18.1. The molecular weight excluding hydrogens is 415 g/mol. The fourth-order valence-corrected chi connectivity index (χ4v) is 3.62. The summed E-state index contributed by atoms with van der Waals surface area (Å²) in [6.07, 6.45) is 0. The molecule has 0 spiro atoms. The van der Waals surface area contributed by atoms with E-state index in [2.05, 4.69) is 10.3 Å². The number of benzene rings is 3. The predicted molar refractivity (Wildman–Crippen MR) is 118 cm³/mol. The molecule has 0 aliphatic heterocycles. The third kappa shape index (κ3) is 5.21. The van der Waals surface area contributed by atoms with Crippen LogP contribution in [0.4, 0.5) is 9.52 Å². The Hall–Kier alpha value is -3.84. The number of nitrogens with one attached hydrogen (secondary N) is 1. The van der Waals surface area contributed by atoms with Crippen molar-refractivity contribution in [3.05, 3.63) is 95.6 Å². The SMILES string of the molecule is O=C(COC(=O)c1ccc(-c2ccccc2)cc1)Nc1nc(-c2ccc(F)cc2)cs1. The molecule has 4 aromatic rings. The molecule has 0 radical (unpaired) electrons. The number of carbonyl (C=O) groups excluding carboxylic acids is 2. The minimum absolute atomic E-state index is 0.330. The second-order valence-corrected chi connectivity index (χ2v) is 7.47. The molecule has 31 heavy (non-hydrogen) atoms. The first-order valence-electron chi connectivity index (χ1n) is 9.42. The molecule has 1 amide bonds. The van der Waals surface area contributed by atoms with Gasteiger partial charge in [0.1, 0.15) is 5.82 Å². The van der Waals surface area contributed by atoms with E-state index in [0.717, 1.165) is 16.7 Å². The third-order valence-electron chi connectivity index (χ3n) is 4.45. The van der Waals surface area contributed by atoms with Gasteiger partial charge in [-0.25, -0.2) is 14.2 Å². The van der Waals surface area contributed by atoms with Crippen LogP contribution in [-0.4, -0.2) is 23.5 Å². The largest absolute Gasteiger partial charge is 0.452 e. The van der Waals surface area contributed by atoms with Gasteiger partial charge in [0, 0.05) is 10.9 Å². The molecule has 4 rings (SSSR count). The maximum Gasteiger partial charge on any atom is 0.338 e. The number of hydrogen-bond donors (Lipinski definition) is 1. The number of ether oxygens (including phenoxy) is 1. The number of rotatable bonds is 6. The second kappa shape index (κ2) is 9.32. The first kappa shape index (κ1) is 20.4. The minimum Gasteiger partial charge on any atom is -0.452 e. The Kier molecular flexibility index (Phi) is 6.14. The molecule has 0 unspecified atom stereocenters. The average Bonchev–Trinajstić information content (AvgIpc) is 3.27. The topological polar surface area (TPSA) is 68.3 Å². The Morgan fingerprint density at radius 3 is 2.23 bits per heavy atom. The highest BCUT2D eigenvalue weighted by atomic mass is 32.1. The van der Waals surface area contributed by atoms with Gasteiger partial charge in [-0.3, -0.25) is 10.1 Å². The fraction of sp³-hybridized carbons (Fsp3) is 0.0417. The van der Waals surface area contributed by atoms with Gasteiger partial charge in [-0.1, -0.05) is 42.5 Å². The summed E-state index contributed by atoms with van der Waals surface area (Å²) in [5.74, 6) is -1.40. The van der Waals surface area contributed by atoms with Crippen molar-refractivity contribution in [1.82, 2.24) is 4.98 Å². The predicted octanol–water partition coefficient (Wildman–Crippen LogP) is 5.41. The van der Waals surface area contributed by atoms with Crippen molar-refractivity contribution < 1.29 is 18.7 Å². The van der Waals surface area contributed by atoms with Crippen LogP contribution in [0.2, 0.25) is 0 Å². The van der Waals surface area contributed by atoms with Crippen LogP contribution < -0.4 is 5.32 Å². The Morgan fingerprint density at radius 2 is 1.52 bits per heavy atom. The van der Waals surface area contributed by atoms with Crippen LogP contribution in [0.3, 0.4) is 0 Å². The summed E-state index contributed by atoms with van der Waals surface area (Å²) in [5.41, 5.74) is 3.75. The molecule has 0 aliphatic carbocycles. The van der Waals surface area contributed by atoms with Crippen LogP contribution in [-0.2, 0) is 9.53 Å². The Labute approximate surface area is 182 Å². The number of esters is 1. The van der Waals surface area contributed by atoms with E-state index in [9.17, 15) is 14.0 Å². The van der Waals surface area contributed by atoms with Gasteiger partial charge < -0.3 is 4.74 Å². The number of anilines is 1. The number of halogens is 1. The normalized spacial score (nSPS) is 10.5. The first-order chi connectivity index (χ1) is 15.1. The van der Waals surface area contributed by atoms with Gasteiger partial charge in [0.15, 0.2) is 11.7 Å². The van der Waals surface area contributed by atoms with Crippen molar-refractivity contribution in [3.63, 3.8) is 0 Å². The zero-order valence-electron chi connectivity index (χ0n) is 16.2. The number of carbonyl (C=O) groups is 2. The number of nitrogens with zero attached hydrogens (tertiary/aromatic N) is 1. The second-order valence-electron chi connectivity index (χ2n) is 6.61. The lowest BCUT2D eigenvalue weighted by Gasteiger charge is -2.06. The van der Waals surface area contributed by atoms with E-state index in [1.54, 1.807) is 29.6 Å². The van der Waals surface area contributed by atoms with Gasteiger partial charge in [-0.15, -0.1) is 11.3 Å². The summed E-state index contributed by atoms with van der Waals surface area (Å²) in [4.78, 5) is 28.6. The Bertz CT molecular complexity index is 1190. The van der Waals surface area contributed by atoms with Crippen molar-refractivity contribution in [3.8, 4) is 22.4 Å². The van der Waals surface area contributed by atoms with Gasteiger partial charge in [0.05, 0.1) is 11.3 Å². The Balaban J connectivity index is 1.30. The number of aromatic nitrogens is 1. The van der Waals surface area contributed by atoms with Crippen LogP contribution in [0.15, 0.2) is 84.2 Å². The monoisotopic (exact) mass is 432 g/mol. The summed E-state index contributed by atoms with van der Waals surface area (Å²) in [6.45, 7) is -0.426. The molecule has 5 nitrogen and oxygen atoms in total. The molecular formula is C24H17FN2O3S. The van der Waals surface area contributed by atoms with Crippen molar-refractivity contribution in [2.24, 2.45) is 0 Å². The van der Waals surface area contributed by atoms with Crippen molar-refractivity contribution >= 4 is 28.3 Å². The van der Waals surface area contributed by atoms with Crippen LogP contribution in [0.1, 0.15) is 10.4 Å². The molecule has 3 aromatic carbocycles. The van der Waals surface area contributed by atoms with Gasteiger partial charge in [0.2, 0.25) is 0 Å². The van der Waals surface area contributed by atoms with Crippen LogP contribution in [0, 0.1) is 5.82 Å². The Morgan fingerprint density at radius 1 is 0.871 bits per heavy atom. The smallest absolute Gasteiger partial charge is 0.338 e. The lowest BCUT2D eigenvalue weighted by Crippen LogP contribution is -2.20. The van der Waals surface area contributed by atoms with E-state index < -0.39 is 18.5 Å². The molecule has 154 valence electrons. The standard InChI is InChI=1S/C24H17FN2O3S/c25-20-12-10-18(11-13-20)21-15-31-24(26-21)27-22(28)14-30-23(29)19-8-6-17(7-9-19)16-4-2-1-3-5-16/h1-13,15H,14H2,(H,26,27,28). The van der Waals surface area contributed by atoms with Gasteiger partial charge in [-0.2, -0.15) is 0 Å². The highest BCUT2D eigenvalue weighted by Crippen LogP contribution is 2.25. The molecule has 0 saturated heterocycles. The van der Waals surface area contributed by atoms with E-state index in [-0.39, 0.29) is 5.82 Å². The molecule has 0 atom stereocenters. The molecule has 7 heteroatoms. The molecule has 0 aliphatic rings. The average molecular weight is 432 g/mol. The maximum absolute atomic E-state index is 13.0. The van der Waals surface area contributed by atoms with E-state index in [0.29, 0.717) is 16.4 Å². The number of hydrogen-bond acceptors (Lipinski definition) is 5. The lowest BCUT2D eigenvalue weighted by molar-refractivity contribution is -0.119. The first-order valence-corrected chi connectivity index (χ1v) is 10.3. The summed E-state index contributed by atoms with van der Waals surface area (Å²) in [6, 6.07) is 22.7. The highest BCUT2D eigenvalue weighted by Gasteiger charge is 2.13. The van der Waals surface area contributed by atoms with E-state index in [1.807, 2.05) is 42.5 Å². The minimum atomic E-state index is -0.582. The fourth-order valence-electron chi connectivity index (χ4n) is 2.88. The van der Waals surface area contributed by atoms with E-state index in [4.69, 9.17) is 4.74 Å². The zero-order valence-corrected chi connectivity index (χ0v) is 17.1. The lowest BCUT2D eigenvalue weighted by atomic mass is 10.0. The summed E-state index contributed by atoms with van der Waals surface area (Å²) in [7, 11) is 0. The van der Waals surface area contributed by atoms with Crippen LogP contribution in [0.5, 0.6) is 0 Å². The maximum atomic E-state index is 13.0. The van der Waals surface area contributed by atoms with Crippen molar-refractivity contribution in [2.45, 2.75) is 0 Å². The number of amides is 1. The van der Waals surface area contributed by atoms with E-state index >= 15 is 0 Å².